The van der Waals surface area contributed by atoms with Crippen LogP contribution in [0.5, 0.6) is 5.75 Å². The molecule has 0 amide bonds. The molecule has 8 nitrogen and oxygen atoms in total. The van der Waals surface area contributed by atoms with E-state index in [1.54, 1.807) is 37.6 Å². The molecule has 10 heteroatoms. The predicted octanol–water partition coefficient (Wildman–Crippen LogP) is 4.15. The van der Waals surface area contributed by atoms with Gasteiger partial charge in [0.1, 0.15) is 18.0 Å². The fraction of sp³-hybridized carbons (Fsp3) is 0.385. The molecule has 1 N–H and O–H groups in total. The number of rotatable bonds is 8. The Bertz CT molecular complexity index is 1220. The summed E-state index contributed by atoms with van der Waals surface area (Å²) in [4.78, 5) is 18.8. The van der Waals surface area contributed by atoms with Crippen molar-refractivity contribution in [2.24, 2.45) is 0 Å². The topological polar surface area (TPSA) is 77.8 Å². The number of carbonyl (C=O) groups is 1. The summed E-state index contributed by atoms with van der Waals surface area (Å²) in [6.45, 7) is 5.97. The van der Waals surface area contributed by atoms with Crippen molar-refractivity contribution < 1.29 is 19.0 Å². The molecule has 2 aliphatic rings. The molecule has 2 fully saturated rings. The molecule has 3 heterocycles. The lowest BCUT2D eigenvalue weighted by molar-refractivity contribution is -0.115. The minimum absolute atomic E-state index is 0.000853. The van der Waals surface area contributed by atoms with Crippen molar-refractivity contribution in [3.8, 4) is 5.75 Å². The van der Waals surface area contributed by atoms with E-state index in [-0.39, 0.29) is 19.0 Å². The number of aromatic nitrogens is 2. The Morgan fingerprint density at radius 2 is 2.06 bits per heavy atom. The van der Waals surface area contributed by atoms with E-state index in [0.717, 1.165) is 37.4 Å². The summed E-state index contributed by atoms with van der Waals surface area (Å²) in [6.07, 6.45) is 4.67. The van der Waals surface area contributed by atoms with Crippen molar-refractivity contribution in [3.63, 3.8) is 0 Å². The van der Waals surface area contributed by atoms with Gasteiger partial charge < -0.3 is 29.0 Å². The Labute approximate surface area is 220 Å². The lowest BCUT2D eigenvalue weighted by Gasteiger charge is -2.31. The number of Topliss-reactive ketones (excluding diaryl/α,β-unsaturated/α-hetero) is 1. The monoisotopic (exact) mass is 530 g/mol. The number of anilines is 1. The SMILES string of the molecule is CC(=O)c1cc(OCC2OCC(Cn3ccnc3)(c3ccc(Cl)cc3Cl)O2)ccc1N1CCNCC1. The number of carbonyl (C=O) groups excluding carboxylic acids is 1. The molecule has 190 valence electrons. The van der Waals surface area contributed by atoms with Crippen molar-refractivity contribution in [2.75, 3.05) is 44.3 Å². The van der Waals surface area contributed by atoms with E-state index < -0.39 is 11.9 Å². The molecule has 2 unspecified atom stereocenters. The zero-order chi connectivity index (χ0) is 25.1. The summed E-state index contributed by atoms with van der Waals surface area (Å²) in [5, 5.41) is 4.38. The number of halogens is 2. The first-order chi connectivity index (χ1) is 17.4. The normalized spacial score (nSPS) is 22.1. The van der Waals surface area contributed by atoms with E-state index >= 15 is 0 Å². The first-order valence-corrected chi connectivity index (χ1v) is 12.6. The molecule has 2 saturated heterocycles. The number of hydrogen-bond donors (Lipinski definition) is 1. The van der Waals surface area contributed by atoms with Crippen molar-refractivity contribution in [3.05, 3.63) is 76.3 Å². The zero-order valence-electron chi connectivity index (χ0n) is 20.0. The smallest absolute Gasteiger partial charge is 0.193 e. The van der Waals surface area contributed by atoms with Gasteiger partial charge in [-0.05, 0) is 37.3 Å². The van der Waals surface area contributed by atoms with Crippen molar-refractivity contribution in [1.29, 1.82) is 0 Å². The van der Waals surface area contributed by atoms with Crippen LogP contribution in [0, 0.1) is 0 Å². The summed E-state index contributed by atoms with van der Waals surface area (Å²) in [5.74, 6) is 0.585. The maximum absolute atomic E-state index is 12.4. The third-order valence-corrected chi connectivity index (χ3v) is 7.02. The molecule has 0 saturated carbocycles. The third-order valence-electron chi connectivity index (χ3n) is 6.47. The van der Waals surface area contributed by atoms with Gasteiger partial charge in [-0.15, -0.1) is 0 Å². The number of hydrogen-bond acceptors (Lipinski definition) is 7. The van der Waals surface area contributed by atoms with Gasteiger partial charge in [0.25, 0.3) is 0 Å². The predicted molar refractivity (Wildman–Crippen MR) is 138 cm³/mol. The van der Waals surface area contributed by atoms with E-state index in [0.29, 0.717) is 27.9 Å². The molecule has 2 aliphatic heterocycles. The van der Waals surface area contributed by atoms with Crippen LogP contribution in [0.4, 0.5) is 5.69 Å². The van der Waals surface area contributed by atoms with Crippen LogP contribution in [0.1, 0.15) is 22.8 Å². The van der Waals surface area contributed by atoms with Crippen LogP contribution in [-0.2, 0) is 21.6 Å². The van der Waals surface area contributed by atoms with Crippen molar-refractivity contribution in [1.82, 2.24) is 14.9 Å². The number of imidazole rings is 1. The van der Waals surface area contributed by atoms with E-state index in [9.17, 15) is 4.79 Å². The van der Waals surface area contributed by atoms with Crippen LogP contribution in [0.25, 0.3) is 0 Å². The fourth-order valence-electron chi connectivity index (χ4n) is 4.71. The summed E-state index contributed by atoms with van der Waals surface area (Å²) >= 11 is 12.7. The second kappa shape index (κ2) is 10.8. The minimum atomic E-state index is -0.840. The number of benzene rings is 2. The lowest BCUT2D eigenvalue weighted by atomic mass is 9.94. The number of piperazine rings is 1. The van der Waals surface area contributed by atoms with Gasteiger partial charge in [0, 0.05) is 65.4 Å². The maximum atomic E-state index is 12.4. The van der Waals surface area contributed by atoms with Crippen LogP contribution in [0.2, 0.25) is 10.0 Å². The molecular weight excluding hydrogens is 503 g/mol. The van der Waals surface area contributed by atoms with Gasteiger partial charge in [0.05, 0.1) is 19.5 Å². The highest BCUT2D eigenvalue weighted by molar-refractivity contribution is 6.35. The van der Waals surface area contributed by atoms with E-state index in [4.69, 9.17) is 37.4 Å². The summed E-state index contributed by atoms with van der Waals surface area (Å²) in [6, 6.07) is 11.0. The number of nitrogens with zero attached hydrogens (tertiary/aromatic N) is 3. The van der Waals surface area contributed by atoms with Gasteiger partial charge in [-0.1, -0.05) is 29.3 Å². The van der Waals surface area contributed by atoms with E-state index in [1.807, 2.05) is 29.0 Å². The van der Waals surface area contributed by atoms with Gasteiger partial charge in [0.15, 0.2) is 12.1 Å². The highest BCUT2D eigenvalue weighted by Crippen LogP contribution is 2.40. The Kier molecular flexibility index (Phi) is 7.50. The molecule has 36 heavy (non-hydrogen) atoms. The van der Waals surface area contributed by atoms with Crippen molar-refractivity contribution in [2.45, 2.75) is 25.4 Å². The number of nitrogens with one attached hydrogen (secondary N) is 1. The highest BCUT2D eigenvalue weighted by Gasteiger charge is 2.45. The van der Waals surface area contributed by atoms with Crippen LogP contribution in [0.3, 0.4) is 0 Å². The Morgan fingerprint density at radius 3 is 2.78 bits per heavy atom. The van der Waals surface area contributed by atoms with Gasteiger partial charge in [-0.25, -0.2) is 4.98 Å². The Hall–Kier alpha value is -2.62. The Morgan fingerprint density at radius 1 is 1.22 bits per heavy atom. The van der Waals surface area contributed by atoms with Crippen LogP contribution >= 0.6 is 23.2 Å². The quantitative estimate of drug-likeness (QED) is 0.438. The molecule has 5 rings (SSSR count). The summed E-state index contributed by atoms with van der Waals surface area (Å²) in [5.41, 5.74) is 1.52. The van der Waals surface area contributed by atoms with Crippen LogP contribution in [0.15, 0.2) is 55.1 Å². The van der Waals surface area contributed by atoms with Gasteiger partial charge in [-0.3, -0.25) is 4.79 Å². The number of ether oxygens (including phenoxy) is 3. The lowest BCUT2D eigenvalue weighted by Crippen LogP contribution is -2.44. The minimum Gasteiger partial charge on any atom is -0.488 e. The summed E-state index contributed by atoms with van der Waals surface area (Å²) < 4.78 is 20.4. The van der Waals surface area contributed by atoms with Gasteiger partial charge in [-0.2, -0.15) is 0 Å². The second-order valence-electron chi connectivity index (χ2n) is 9.00. The van der Waals surface area contributed by atoms with Crippen LogP contribution < -0.4 is 15.0 Å². The molecule has 3 aromatic rings. The molecule has 1 aromatic heterocycles. The average Bonchev–Trinajstić information content (AvgIpc) is 3.54. The van der Waals surface area contributed by atoms with Gasteiger partial charge in [0.2, 0.25) is 0 Å². The molecule has 2 atom stereocenters. The molecule has 0 bridgehead atoms. The molecule has 0 aliphatic carbocycles. The van der Waals surface area contributed by atoms with E-state index in [1.165, 1.54) is 0 Å². The summed E-state index contributed by atoms with van der Waals surface area (Å²) in [7, 11) is 0. The van der Waals surface area contributed by atoms with Gasteiger partial charge >= 0.3 is 0 Å². The first-order valence-electron chi connectivity index (χ1n) is 11.9. The number of ketones is 1. The third kappa shape index (κ3) is 5.38. The zero-order valence-corrected chi connectivity index (χ0v) is 21.5. The van der Waals surface area contributed by atoms with Crippen molar-refractivity contribution >= 4 is 34.7 Å². The molecule has 0 radical (unpaired) electrons. The molecule has 0 spiro atoms. The standard InChI is InChI=1S/C26H28Cl2N4O4/c1-18(33)21-13-20(3-5-24(21)32-10-7-29-8-11-32)34-14-25-35-16-26(36-25,15-31-9-6-30-17-31)22-4-2-19(27)12-23(22)28/h2-6,9,12-13,17,25,29H,7-8,10-11,14-16H2,1H3. The first kappa shape index (κ1) is 25.0. The average molecular weight is 531 g/mol. The molecule has 2 aromatic carbocycles. The van der Waals surface area contributed by atoms with Crippen LogP contribution in [-0.4, -0.2) is 61.0 Å². The fourth-order valence-corrected chi connectivity index (χ4v) is 5.29. The second-order valence-corrected chi connectivity index (χ2v) is 9.84. The largest absolute Gasteiger partial charge is 0.488 e. The maximum Gasteiger partial charge on any atom is 0.193 e. The van der Waals surface area contributed by atoms with E-state index in [2.05, 4.69) is 15.2 Å². The Balaban J connectivity index is 1.32. The highest BCUT2D eigenvalue weighted by atomic mass is 35.5. The molecular formula is C26H28Cl2N4O4.